The van der Waals surface area contributed by atoms with Crippen LogP contribution in [0, 0.1) is 0 Å². The molecule has 0 heterocycles. The molecule has 2 aromatic rings. The zero-order valence-electron chi connectivity index (χ0n) is 14.8. The lowest BCUT2D eigenvalue weighted by atomic mass is 9.82. The van der Waals surface area contributed by atoms with Crippen molar-refractivity contribution in [3.63, 3.8) is 0 Å². The molecule has 0 aromatic heterocycles. The van der Waals surface area contributed by atoms with Gasteiger partial charge in [-0.3, -0.25) is 9.59 Å². The van der Waals surface area contributed by atoms with E-state index in [0.29, 0.717) is 47.6 Å². The highest BCUT2D eigenvalue weighted by molar-refractivity contribution is 6.31. The Hall–Kier alpha value is -2.70. The largest absolute Gasteiger partial charge is 0.398 e. The molecule has 6 heteroatoms. The highest BCUT2D eigenvalue weighted by Gasteiger charge is 2.32. The summed E-state index contributed by atoms with van der Waals surface area (Å²) >= 11 is 0. The Bertz CT molecular complexity index is 800. The maximum Gasteiger partial charge on any atom is 0.196 e. The van der Waals surface area contributed by atoms with Gasteiger partial charge in [-0.25, -0.2) is 0 Å². The number of aliphatic hydroxyl groups excluding tert-OH is 2. The molecule has 0 bridgehead atoms. The fourth-order valence-electron chi connectivity index (χ4n) is 2.72. The molecule has 2 aromatic carbocycles. The van der Waals surface area contributed by atoms with E-state index in [1.807, 2.05) is 6.92 Å². The first kappa shape index (κ1) is 19.6. The van der Waals surface area contributed by atoms with Crippen molar-refractivity contribution in [3.05, 3.63) is 58.7 Å². The van der Waals surface area contributed by atoms with Crippen LogP contribution in [0.2, 0.25) is 0 Å². The Morgan fingerprint density at radius 3 is 2.12 bits per heavy atom. The number of rotatable bonds is 5. The maximum atomic E-state index is 12.8. The Morgan fingerprint density at radius 1 is 0.923 bits per heavy atom. The van der Waals surface area contributed by atoms with Crippen LogP contribution in [0.1, 0.15) is 51.6 Å². The van der Waals surface area contributed by atoms with Crippen LogP contribution in [-0.4, -0.2) is 41.5 Å². The van der Waals surface area contributed by atoms with E-state index in [0.717, 1.165) is 6.42 Å². The van der Waals surface area contributed by atoms with Crippen molar-refractivity contribution in [2.24, 2.45) is 0 Å². The van der Waals surface area contributed by atoms with Gasteiger partial charge in [0, 0.05) is 42.3 Å². The molecule has 6 nitrogen and oxygen atoms in total. The van der Waals surface area contributed by atoms with Crippen LogP contribution in [-0.2, 0) is 0 Å². The second-order valence-electron chi connectivity index (χ2n) is 5.88. The maximum absolute atomic E-state index is 12.8. The number of hydrogen-bond donors (Lipinski definition) is 4. The van der Waals surface area contributed by atoms with Crippen molar-refractivity contribution >= 4 is 22.9 Å². The topological polar surface area (TPSA) is 113 Å². The van der Waals surface area contributed by atoms with Crippen LogP contribution >= 0.6 is 0 Å². The van der Waals surface area contributed by atoms with E-state index in [1.54, 1.807) is 36.4 Å². The number of hydrogen-bond acceptors (Lipinski definition) is 6. The minimum atomic E-state index is -0.228. The molecule has 0 saturated carbocycles. The molecule has 0 unspecified atom stereocenters. The first-order chi connectivity index (χ1) is 12.6. The SMILES string of the molecule is CCCO.Nc1cccc2c1C(=O)c1cccc(NCCCO)c1C2=O. The Labute approximate surface area is 152 Å². The Balaban J connectivity index is 0.000000552. The van der Waals surface area contributed by atoms with E-state index >= 15 is 0 Å². The lowest BCUT2D eigenvalue weighted by molar-refractivity contribution is 0.0980. The molecule has 0 radical (unpaired) electrons. The average molecular weight is 356 g/mol. The normalized spacial score (nSPS) is 12.0. The van der Waals surface area contributed by atoms with Crippen molar-refractivity contribution < 1.29 is 19.8 Å². The quantitative estimate of drug-likeness (QED) is 0.412. The number of nitrogens with two attached hydrogens (primary N) is 1. The molecule has 0 fully saturated rings. The van der Waals surface area contributed by atoms with Gasteiger partial charge in [0.15, 0.2) is 11.6 Å². The summed E-state index contributed by atoms with van der Waals surface area (Å²) in [5, 5.41) is 19.8. The number of carbonyl (C=O) groups excluding carboxylic acids is 2. The number of carbonyl (C=O) groups is 2. The smallest absolute Gasteiger partial charge is 0.196 e. The fraction of sp³-hybridized carbons (Fsp3) is 0.300. The zero-order valence-corrected chi connectivity index (χ0v) is 14.8. The molecule has 0 atom stereocenters. The number of ketones is 2. The molecule has 0 spiro atoms. The van der Waals surface area contributed by atoms with Gasteiger partial charge >= 0.3 is 0 Å². The van der Waals surface area contributed by atoms with Gasteiger partial charge < -0.3 is 21.3 Å². The van der Waals surface area contributed by atoms with E-state index < -0.39 is 0 Å². The summed E-state index contributed by atoms with van der Waals surface area (Å²) in [5.41, 5.74) is 8.17. The van der Waals surface area contributed by atoms with Crippen molar-refractivity contribution in [1.29, 1.82) is 0 Å². The van der Waals surface area contributed by atoms with Gasteiger partial charge in [0.1, 0.15) is 0 Å². The number of nitrogen functional groups attached to an aromatic ring is 1. The van der Waals surface area contributed by atoms with Gasteiger partial charge in [-0.1, -0.05) is 31.2 Å². The minimum Gasteiger partial charge on any atom is -0.398 e. The van der Waals surface area contributed by atoms with Crippen LogP contribution in [0.3, 0.4) is 0 Å². The van der Waals surface area contributed by atoms with Crippen molar-refractivity contribution in [2.75, 3.05) is 30.8 Å². The summed E-state index contributed by atoms with van der Waals surface area (Å²) in [7, 11) is 0. The van der Waals surface area contributed by atoms with E-state index in [-0.39, 0.29) is 23.7 Å². The van der Waals surface area contributed by atoms with Crippen LogP contribution in [0.15, 0.2) is 36.4 Å². The van der Waals surface area contributed by atoms with Gasteiger partial charge in [-0.05, 0) is 25.0 Å². The van der Waals surface area contributed by atoms with Gasteiger partial charge in [-0.15, -0.1) is 0 Å². The molecular formula is C20H24N2O4. The second-order valence-corrected chi connectivity index (χ2v) is 5.88. The molecule has 3 rings (SSSR count). The van der Waals surface area contributed by atoms with Crippen LogP contribution in [0.25, 0.3) is 0 Å². The molecule has 138 valence electrons. The van der Waals surface area contributed by atoms with E-state index in [9.17, 15) is 9.59 Å². The summed E-state index contributed by atoms with van der Waals surface area (Å²) in [4.78, 5) is 25.4. The third-order valence-corrected chi connectivity index (χ3v) is 3.98. The van der Waals surface area contributed by atoms with Gasteiger partial charge in [-0.2, -0.15) is 0 Å². The Kier molecular flexibility index (Phi) is 6.89. The van der Waals surface area contributed by atoms with Gasteiger partial charge in [0.25, 0.3) is 0 Å². The first-order valence-corrected chi connectivity index (χ1v) is 8.63. The molecule has 1 aliphatic carbocycles. The summed E-state index contributed by atoms with van der Waals surface area (Å²) in [6, 6.07) is 10.1. The summed E-state index contributed by atoms with van der Waals surface area (Å²) in [6.07, 6.45) is 1.44. The van der Waals surface area contributed by atoms with Gasteiger partial charge in [0.2, 0.25) is 0 Å². The number of fused-ring (bicyclic) bond motifs is 2. The zero-order chi connectivity index (χ0) is 19.1. The molecule has 0 aliphatic heterocycles. The summed E-state index contributed by atoms with van der Waals surface area (Å²) in [5.74, 6) is -0.433. The molecule has 5 N–H and O–H groups in total. The molecule has 0 saturated heterocycles. The van der Waals surface area contributed by atoms with Crippen molar-refractivity contribution in [3.8, 4) is 0 Å². The predicted molar refractivity (Wildman–Crippen MR) is 102 cm³/mol. The van der Waals surface area contributed by atoms with E-state index in [2.05, 4.69) is 5.32 Å². The highest BCUT2D eigenvalue weighted by atomic mass is 16.3. The van der Waals surface area contributed by atoms with Gasteiger partial charge in [0.05, 0.1) is 11.1 Å². The third kappa shape index (κ3) is 3.92. The van der Waals surface area contributed by atoms with E-state index in [4.69, 9.17) is 15.9 Å². The Morgan fingerprint density at radius 2 is 1.50 bits per heavy atom. The lowest BCUT2D eigenvalue weighted by Gasteiger charge is -2.21. The van der Waals surface area contributed by atoms with Crippen LogP contribution in [0.4, 0.5) is 11.4 Å². The number of nitrogens with one attached hydrogen (secondary N) is 1. The molecular weight excluding hydrogens is 332 g/mol. The minimum absolute atomic E-state index is 0.0638. The molecule has 26 heavy (non-hydrogen) atoms. The number of benzene rings is 2. The third-order valence-electron chi connectivity index (χ3n) is 3.98. The standard InChI is InChI=1S/C17H16N2O3.C3H8O/c18-12-6-1-4-10-14(12)16(21)11-5-2-7-13(15(11)17(10)22)19-8-3-9-20;1-2-3-4/h1-2,4-7,19-20H,3,8-9,18H2;4H,2-3H2,1H3. The monoisotopic (exact) mass is 356 g/mol. The fourth-order valence-corrected chi connectivity index (χ4v) is 2.72. The molecule has 1 aliphatic rings. The van der Waals surface area contributed by atoms with E-state index in [1.165, 1.54) is 0 Å². The van der Waals surface area contributed by atoms with Crippen molar-refractivity contribution in [2.45, 2.75) is 19.8 Å². The number of aliphatic hydroxyl groups is 2. The first-order valence-electron chi connectivity index (χ1n) is 8.63. The second kappa shape index (κ2) is 9.12. The summed E-state index contributed by atoms with van der Waals surface area (Å²) in [6.45, 7) is 2.84. The average Bonchev–Trinajstić information content (AvgIpc) is 2.66. The van der Waals surface area contributed by atoms with Crippen molar-refractivity contribution in [1.82, 2.24) is 0 Å². The van der Waals surface area contributed by atoms with Crippen LogP contribution < -0.4 is 11.1 Å². The lowest BCUT2D eigenvalue weighted by Crippen LogP contribution is -2.24. The summed E-state index contributed by atoms with van der Waals surface area (Å²) < 4.78 is 0. The number of anilines is 2. The molecule has 0 amide bonds. The highest BCUT2D eigenvalue weighted by Crippen LogP contribution is 2.34. The predicted octanol–water partition coefficient (Wildman–Crippen LogP) is 2.23. The van der Waals surface area contributed by atoms with Crippen LogP contribution in [0.5, 0.6) is 0 Å².